The third kappa shape index (κ3) is 3.96. The average Bonchev–Trinajstić information content (AvgIpc) is 3.16. The molecule has 0 radical (unpaired) electrons. The van der Waals surface area contributed by atoms with Crippen LogP contribution in [0, 0.1) is 11.3 Å². The Morgan fingerprint density at radius 2 is 2.04 bits per heavy atom. The van der Waals surface area contributed by atoms with Crippen molar-refractivity contribution in [2.24, 2.45) is 0 Å². The topological polar surface area (TPSA) is 45.9 Å². The molecule has 0 spiro atoms. The minimum Gasteiger partial charge on any atom is -0.497 e. The van der Waals surface area contributed by atoms with E-state index in [-0.39, 0.29) is 0 Å². The first-order valence-electron chi connectivity index (χ1n) is 8.04. The molecular weight excluding hydrogens is 328 g/mol. The third-order valence-electron chi connectivity index (χ3n) is 3.92. The predicted molar refractivity (Wildman–Crippen MR) is 103 cm³/mol. The van der Waals surface area contributed by atoms with Crippen molar-refractivity contribution in [3.8, 4) is 23.1 Å². The van der Waals surface area contributed by atoms with Gasteiger partial charge < -0.3 is 4.74 Å². The Bertz CT molecular complexity index is 933. The van der Waals surface area contributed by atoms with Crippen LogP contribution in [0.15, 0.2) is 53.9 Å². The van der Waals surface area contributed by atoms with Crippen molar-refractivity contribution in [2.75, 3.05) is 7.11 Å². The lowest BCUT2D eigenvalue weighted by atomic mass is 10.1. The van der Waals surface area contributed by atoms with Crippen molar-refractivity contribution in [3.05, 3.63) is 70.0 Å². The van der Waals surface area contributed by atoms with Gasteiger partial charge in [0.25, 0.3) is 0 Å². The van der Waals surface area contributed by atoms with Crippen molar-refractivity contribution in [1.82, 2.24) is 4.98 Å². The van der Waals surface area contributed by atoms with Crippen LogP contribution in [0.25, 0.3) is 22.9 Å². The molecule has 0 fully saturated rings. The molecule has 0 aliphatic rings. The third-order valence-corrected chi connectivity index (χ3v) is 4.80. The molecule has 124 valence electrons. The molecular formula is C21H18N2OS. The highest BCUT2D eigenvalue weighted by molar-refractivity contribution is 7.11. The van der Waals surface area contributed by atoms with Gasteiger partial charge in [-0.1, -0.05) is 43.3 Å². The van der Waals surface area contributed by atoms with Crippen LogP contribution >= 0.6 is 11.3 Å². The van der Waals surface area contributed by atoms with Crippen LogP contribution < -0.4 is 4.74 Å². The highest BCUT2D eigenvalue weighted by Gasteiger charge is 2.09. The van der Waals surface area contributed by atoms with Crippen molar-refractivity contribution < 1.29 is 4.74 Å². The summed E-state index contributed by atoms with van der Waals surface area (Å²) in [4.78, 5) is 4.63. The largest absolute Gasteiger partial charge is 0.497 e. The molecule has 0 atom stereocenters. The van der Waals surface area contributed by atoms with E-state index in [1.165, 1.54) is 16.9 Å². The van der Waals surface area contributed by atoms with E-state index in [1.54, 1.807) is 7.11 Å². The Morgan fingerprint density at radius 1 is 1.24 bits per heavy atom. The molecule has 0 saturated carbocycles. The molecule has 0 N–H and O–H groups in total. The number of hydrogen-bond acceptors (Lipinski definition) is 4. The number of thiazole rings is 1. The smallest absolute Gasteiger partial charge is 0.134 e. The summed E-state index contributed by atoms with van der Waals surface area (Å²) in [6, 6.07) is 18.3. The van der Waals surface area contributed by atoms with E-state index in [0.29, 0.717) is 5.57 Å². The number of methoxy groups -OCH3 is 1. The highest BCUT2D eigenvalue weighted by Crippen LogP contribution is 2.29. The van der Waals surface area contributed by atoms with Gasteiger partial charge in [-0.25, -0.2) is 4.98 Å². The zero-order chi connectivity index (χ0) is 17.6. The summed E-state index contributed by atoms with van der Waals surface area (Å²) >= 11 is 1.47. The van der Waals surface area contributed by atoms with Gasteiger partial charge in [-0.05, 0) is 35.8 Å². The van der Waals surface area contributed by atoms with Crippen molar-refractivity contribution in [1.29, 1.82) is 5.26 Å². The Balaban J connectivity index is 1.90. The van der Waals surface area contributed by atoms with E-state index in [0.717, 1.165) is 34.0 Å². The molecule has 3 nitrogen and oxygen atoms in total. The summed E-state index contributed by atoms with van der Waals surface area (Å²) in [6.45, 7) is 2.13. The Labute approximate surface area is 151 Å². The Hall–Kier alpha value is -2.90. The van der Waals surface area contributed by atoms with Gasteiger partial charge in [0, 0.05) is 10.9 Å². The second kappa shape index (κ2) is 7.78. The first-order valence-corrected chi connectivity index (χ1v) is 8.92. The monoisotopic (exact) mass is 346 g/mol. The van der Waals surface area contributed by atoms with Crippen LogP contribution in [0.1, 0.15) is 23.1 Å². The van der Waals surface area contributed by atoms with E-state index >= 15 is 0 Å². The summed E-state index contributed by atoms with van der Waals surface area (Å²) in [6.07, 6.45) is 2.89. The van der Waals surface area contributed by atoms with E-state index in [1.807, 2.05) is 47.9 Å². The summed E-state index contributed by atoms with van der Waals surface area (Å²) in [5, 5.41) is 12.2. The van der Waals surface area contributed by atoms with Gasteiger partial charge in [0.1, 0.15) is 16.8 Å². The van der Waals surface area contributed by atoms with Crippen LogP contribution in [0.3, 0.4) is 0 Å². The summed E-state index contributed by atoms with van der Waals surface area (Å²) in [5.41, 5.74) is 4.69. The van der Waals surface area contributed by atoms with E-state index in [2.05, 4.69) is 30.1 Å². The first-order chi connectivity index (χ1) is 12.2. The predicted octanol–water partition coefficient (Wildman–Crippen LogP) is 5.45. The van der Waals surface area contributed by atoms with Gasteiger partial charge in [0.05, 0.1) is 18.4 Å². The molecule has 0 aliphatic carbocycles. The molecule has 0 aliphatic heterocycles. The van der Waals surface area contributed by atoms with Gasteiger partial charge in [-0.2, -0.15) is 5.26 Å². The molecule has 4 heteroatoms. The number of aromatic nitrogens is 1. The molecule has 3 aromatic rings. The number of hydrogen-bond donors (Lipinski definition) is 0. The van der Waals surface area contributed by atoms with E-state index in [4.69, 9.17) is 4.74 Å². The Morgan fingerprint density at radius 3 is 2.72 bits per heavy atom. The average molecular weight is 346 g/mol. The van der Waals surface area contributed by atoms with Crippen LogP contribution in [0.5, 0.6) is 5.75 Å². The summed E-state index contributed by atoms with van der Waals surface area (Å²) < 4.78 is 5.26. The van der Waals surface area contributed by atoms with Gasteiger partial charge in [0.15, 0.2) is 0 Å². The van der Waals surface area contributed by atoms with Gasteiger partial charge >= 0.3 is 0 Å². The van der Waals surface area contributed by atoms with Crippen LogP contribution in [0.4, 0.5) is 0 Å². The fourth-order valence-corrected chi connectivity index (χ4v) is 3.27. The number of allylic oxidation sites excluding steroid dienone is 1. The maximum Gasteiger partial charge on any atom is 0.134 e. The normalized spacial score (nSPS) is 11.2. The zero-order valence-electron chi connectivity index (χ0n) is 14.2. The molecule has 0 amide bonds. The van der Waals surface area contributed by atoms with E-state index < -0.39 is 0 Å². The van der Waals surface area contributed by atoms with Gasteiger partial charge in [0.2, 0.25) is 0 Å². The standard InChI is InChI=1S/C21H18N2OS/c1-3-15-7-9-16(10-8-15)11-18(13-22)21-23-20(14-25-21)17-5-4-6-19(12-17)24-2/h4-12,14H,3H2,1-2H3. The molecule has 1 heterocycles. The van der Waals surface area contributed by atoms with E-state index in [9.17, 15) is 5.26 Å². The summed E-state index contributed by atoms with van der Waals surface area (Å²) in [7, 11) is 1.64. The molecule has 0 saturated heterocycles. The fraction of sp³-hybridized carbons (Fsp3) is 0.143. The second-order valence-corrected chi connectivity index (χ2v) is 6.39. The van der Waals surface area contributed by atoms with Gasteiger partial charge in [-0.3, -0.25) is 0 Å². The SMILES string of the molecule is CCc1ccc(C=C(C#N)c2nc(-c3cccc(OC)c3)cs2)cc1. The minimum absolute atomic E-state index is 0.573. The lowest BCUT2D eigenvalue weighted by Gasteiger charge is -2.01. The zero-order valence-corrected chi connectivity index (χ0v) is 15.0. The number of rotatable bonds is 5. The minimum atomic E-state index is 0.573. The van der Waals surface area contributed by atoms with Crippen molar-refractivity contribution in [3.63, 3.8) is 0 Å². The lowest BCUT2D eigenvalue weighted by Crippen LogP contribution is -1.85. The number of nitriles is 1. The van der Waals surface area contributed by atoms with Crippen LogP contribution in [-0.4, -0.2) is 12.1 Å². The number of ether oxygens (including phenoxy) is 1. The molecule has 25 heavy (non-hydrogen) atoms. The Kier molecular flexibility index (Phi) is 5.27. The van der Waals surface area contributed by atoms with Crippen molar-refractivity contribution >= 4 is 23.0 Å². The molecule has 2 aromatic carbocycles. The maximum atomic E-state index is 9.53. The highest BCUT2D eigenvalue weighted by atomic mass is 32.1. The quantitative estimate of drug-likeness (QED) is 0.577. The number of benzene rings is 2. The fourth-order valence-electron chi connectivity index (χ4n) is 2.47. The van der Waals surface area contributed by atoms with Crippen molar-refractivity contribution in [2.45, 2.75) is 13.3 Å². The molecule has 0 unspecified atom stereocenters. The van der Waals surface area contributed by atoms with Gasteiger partial charge in [-0.15, -0.1) is 11.3 Å². The summed E-state index contributed by atoms with van der Waals surface area (Å²) in [5.74, 6) is 0.791. The first kappa shape index (κ1) is 16.9. The molecule has 0 bridgehead atoms. The molecule has 3 rings (SSSR count). The lowest BCUT2D eigenvalue weighted by molar-refractivity contribution is 0.415. The second-order valence-electron chi connectivity index (χ2n) is 5.53. The molecule has 1 aromatic heterocycles. The van der Waals surface area contributed by atoms with Crippen LogP contribution in [-0.2, 0) is 6.42 Å². The number of aryl methyl sites for hydroxylation is 1. The maximum absolute atomic E-state index is 9.53. The number of nitrogens with zero attached hydrogens (tertiary/aromatic N) is 2. The van der Waals surface area contributed by atoms with Crippen LogP contribution in [0.2, 0.25) is 0 Å².